The summed E-state index contributed by atoms with van der Waals surface area (Å²) in [6, 6.07) is 113. The van der Waals surface area contributed by atoms with Crippen LogP contribution in [0.5, 0.6) is 23.0 Å². The van der Waals surface area contributed by atoms with Crippen molar-refractivity contribution in [3.8, 4) is 89.8 Å². The molecule has 3 nitrogen and oxygen atoms in total. The van der Waals surface area contributed by atoms with Crippen LogP contribution < -0.4 is 14.4 Å². The molecule has 0 aromatic heterocycles. The summed E-state index contributed by atoms with van der Waals surface area (Å²) in [7, 11) is 0. The van der Waals surface area contributed by atoms with E-state index in [9.17, 15) is 0 Å². The first-order valence-electron chi connectivity index (χ1n) is 28.6. The number of fused-ring (bicyclic) bond motifs is 18. The topological polar surface area (TPSA) is 21.7 Å². The molecule has 0 unspecified atom stereocenters. The van der Waals surface area contributed by atoms with Crippen LogP contribution in [0.25, 0.3) is 66.8 Å². The van der Waals surface area contributed by atoms with E-state index in [0.717, 1.165) is 84.6 Å². The maximum Gasteiger partial charge on any atom is 0.132 e. The van der Waals surface area contributed by atoms with Crippen LogP contribution in [0, 0.1) is 0 Å². The van der Waals surface area contributed by atoms with Gasteiger partial charge in [0, 0.05) is 39.1 Å². The minimum absolute atomic E-state index is 0.520. The molecule has 2 heterocycles. The van der Waals surface area contributed by atoms with E-state index in [4.69, 9.17) is 9.47 Å². The molecule has 388 valence electrons. The summed E-state index contributed by atoms with van der Waals surface area (Å²) >= 11 is 0. The van der Waals surface area contributed by atoms with E-state index in [1.165, 1.54) is 66.8 Å². The Hall–Kier alpha value is -10.7. The number of rotatable bonds is 7. The Morgan fingerprint density at radius 2 is 0.518 bits per heavy atom. The molecular formula is C80H51NO2. The number of ether oxygens (including phenoxy) is 2. The summed E-state index contributed by atoms with van der Waals surface area (Å²) in [5, 5.41) is 0. The van der Waals surface area contributed by atoms with Gasteiger partial charge < -0.3 is 14.4 Å². The highest BCUT2D eigenvalue weighted by atomic mass is 16.5. The standard InChI is InChI=1S/C80H51NO2/c1-2-20-52(21-3-1)53-38-40-55(41-39-53)59-22-6-14-32-73(59)81(58-46-42-54(43-47-58)56-44-48-67-63(50-56)61-24-4-8-26-65(61)79(67)69-28-10-16-34-75(69)82-76-35-17-11-29-70(76)79)74-33-15-7-23-60(74)57-45-49-68-64(51-57)62-25-5-9-27-66(62)80(68)71-30-12-18-36-77(71)83-78-37-19-13-31-72(78)80/h1-51H. The van der Waals surface area contributed by atoms with E-state index in [-0.39, 0.29) is 0 Å². The number of benzene rings is 13. The summed E-state index contributed by atoms with van der Waals surface area (Å²) in [5.74, 6) is 3.57. The van der Waals surface area contributed by atoms with E-state index >= 15 is 0 Å². The van der Waals surface area contributed by atoms with Gasteiger partial charge in [-0.1, -0.05) is 249 Å². The zero-order valence-electron chi connectivity index (χ0n) is 45.2. The lowest BCUT2D eigenvalue weighted by atomic mass is 9.66. The average molecular weight is 1060 g/mol. The predicted octanol–water partition coefficient (Wildman–Crippen LogP) is 20.8. The Kier molecular flexibility index (Phi) is 10.4. The van der Waals surface area contributed by atoms with Crippen LogP contribution in [0.3, 0.4) is 0 Å². The van der Waals surface area contributed by atoms with E-state index in [1.807, 2.05) is 0 Å². The van der Waals surface area contributed by atoms with Crippen molar-refractivity contribution >= 4 is 17.1 Å². The first-order valence-corrected chi connectivity index (χ1v) is 28.6. The van der Waals surface area contributed by atoms with Crippen molar-refractivity contribution in [2.24, 2.45) is 0 Å². The Bertz CT molecular complexity index is 4660. The van der Waals surface area contributed by atoms with E-state index in [1.54, 1.807) is 0 Å². The quantitative estimate of drug-likeness (QED) is 0.159. The van der Waals surface area contributed by atoms with Gasteiger partial charge >= 0.3 is 0 Å². The SMILES string of the molecule is c1ccc(-c2ccc(-c3ccccc3N(c3ccc(-c4ccc5c(c4)-c4ccccc4C54c5ccccc5Oc5ccccc54)cc3)c3ccccc3-c3ccc4c(c3)-c3ccccc3C43c4ccccc4Oc4ccccc43)cc2)cc1. The molecule has 0 fully saturated rings. The van der Waals surface area contributed by atoms with Gasteiger partial charge in [0.25, 0.3) is 0 Å². The van der Waals surface area contributed by atoms with Crippen molar-refractivity contribution in [1.82, 2.24) is 0 Å². The second kappa shape index (κ2) is 18.4. The van der Waals surface area contributed by atoms with Crippen LogP contribution in [0.1, 0.15) is 44.5 Å². The van der Waals surface area contributed by atoms with Crippen LogP contribution in [-0.2, 0) is 10.8 Å². The highest BCUT2D eigenvalue weighted by Gasteiger charge is 2.52. The first kappa shape index (κ1) is 47.1. The van der Waals surface area contributed by atoms with Gasteiger partial charge in [-0.3, -0.25) is 0 Å². The van der Waals surface area contributed by atoms with Gasteiger partial charge in [0.05, 0.1) is 22.2 Å². The molecule has 0 atom stereocenters. The number of hydrogen-bond acceptors (Lipinski definition) is 3. The van der Waals surface area contributed by atoms with Crippen molar-refractivity contribution < 1.29 is 9.47 Å². The Morgan fingerprint density at radius 1 is 0.205 bits per heavy atom. The zero-order valence-corrected chi connectivity index (χ0v) is 45.2. The summed E-state index contributed by atoms with van der Waals surface area (Å²) in [5.41, 5.74) is 26.0. The highest BCUT2D eigenvalue weighted by molar-refractivity contribution is 5.97. The van der Waals surface area contributed by atoms with Crippen molar-refractivity contribution in [3.63, 3.8) is 0 Å². The minimum atomic E-state index is -0.552. The molecule has 0 saturated carbocycles. The van der Waals surface area contributed by atoms with Gasteiger partial charge in [0.2, 0.25) is 0 Å². The Labute approximate surface area is 483 Å². The monoisotopic (exact) mass is 1060 g/mol. The molecule has 0 saturated heterocycles. The molecule has 13 aromatic carbocycles. The molecular weight excluding hydrogens is 1010 g/mol. The molecule has 17 rings (SSSR count). The second-order valence-electron chi connectivity index (χ2n) is 22.2. The van der Waals surface area contributed by atoms with Crippen molar-refractivity contribution in [2.45, 2.75) is 10.8 Å². The summed E-state index contributed by atoms with van der Waals surface area (Å²) in [6.07, 6.45) is 0. The molecule has 0 radical (unpaired) electrons. The van der Waals surface area contributed by atoms with Crippen molar-refractivity contribution in [1.29, 1.82) is 0 Å². The van der Waals surface area contributed by atoms with E-state index in [0.29, 0.717) is 0 Å². The fourth-order valence-corrected chi connectivity index (χ4v) is 14.6. The molecule has 2 aliphatic carbocycles. The van der Waals surface area contributed by atoms with Crippen molar-refractivity contribution in [2.75, 3.05) is 4.90 Å². The third-order valence-electron chi connectivity index (χ3n) is 18.1. The first-order chi connectivity index (χ1) is 41.2. The van der Waals surface area contributed by atoms with Gasteiger partial charge in [-0.15, -0.1) is 0 Å². The van der Waals surface area contributed by atoms with Gasteiger partial charge in [0.15, 0.2) is 0 Å². The lowest BCUT2D eigenvalue weighted by Gasteiger charge is -2.39. The molecule has 2 spiro atoms. The highest BCUT2D eigenvalue weighted by Crippen LogP contribution is 2.64. The minimum Gasteiger partial charge on any atom is -0.457 e. The molecule has 0 bridgehead atoms. The van der Waals surface area contributed by atoms with E-state index in [2.05, 4.69) is 314 Å². The Morgan fingerprint density at radius 3 is 1.01 bits per heavy atom. The third-order valence-corrected chi connectivity index (χ3v) is 18.1. The smallest absolute Gasteiger partial charge is 0.132 e. The Balaban J connectivity index is 0.821. The van der Waals surface area contributed by atoms with Crippen LogP contribution in [-0.4, -0.2) is 0 Å². The predicted molar refractivity (Wildman–Crippen MR) is 338 cm³/mol. The fourth-order valence-electron chi connectivity index (χ4n) is 14.6. The fraction of sp³-hybridized carbons (Fsp3) is 0.0250. The van der Waals surface area contributed by atoms with Crippen LogP contribution in [0.2, 0.25) is 0 Å². The maximum atomic E-state index is 6.68. The average Bonchev–Trinajstić information content (AvgIpc) is 3.66. The van der Waals surface area contributed by atoms with Crippen molar-refractivity contribution in [3.05, 3.63) is 354 Å². The number of para-hydroxylation sites is 6. The number of hydrogen-bond donors (Lipinski definition) is 0. The second-order valence-corrected chi connectivity index (χ2v) is 22.2. The summed E-state index contributed by atoms with van der Waals surface area (Å²) in [4.78, 5) is 2.47. The molecule has 83 heavy (non-hydrogen) atoms. The zero-order chi connectivity index (χ0) is 54.6. The molecule has 0 amide bonds. The lowest BCUT2D eigenvalue weighted by molar-refractivity contribution is 0.436. The third kappa shape index (κ3) is 6.86. The molecule has 3 heteroatoms. The molecule has 2 aliphatic heterocycles. The molecule has 0 N–H and O–H groups in total. The maximum absolute atomic E-state index is 6.68. The van der Waals surface area contributed by atoms with Gasteiger partial charge in [0.1, 0.15) is 23.0 Å². The number of anilines is 3. The molecule has 4 aliphatic rings. The van der Waals surface area contributed by atoms with Gasteiger partial charge in [-0.25, -0.2) is 0 Å². The molecule has 13 aromatic rings. The van der Waals surface area contributed by atoms with Crippen LogP contribution in [0.15, 0.2) is 309 Å². The summed E-state index contributed by atoms with van der Waals surface area (Å²) in [6.45, 7) is 0. The van der Waals surface area contributed by atoms with Crippen LogP contribution >= 0.6 is 0 Å². The number of nitrogens with zero attached hydrogens (tertiary/aromatic N) is 1. The lowest BCUT2D eigenvalue weighted by Crippen LogP contribution is -2.32. The summed E-state index contributed by atoms with van der Waals surface area (Å²) < 4.78 is 13.3. The van der Waals surface area contributed by atoms with Crippen LogP contribution in [0.4, 0.5) is 17.1 Å². The van der Waals surface area contributed by atoms with Gasteiger partial charge in [-0.2, -0.15) is 0 Å². The van der Waals surface area contributed by atoms with Gasteiger partial charge in [-0.05, 0) is 139 Å². The normalized spacial score (nSPS) is 13.7. The largest absolute Gasteiger partial charge is 0.457 e. The van der Waals surface area contributed by atoms with E-state index < -0.39 is 10.8 Å².